The number of aryl methyl sites for hydroxylation is 1. The summed E-state index contributed by atoms with van der Waals surface area (Å²) in [6.45, 7) is 6.57. The Kier molecular flexibility index (Phi) is 5.29. The lowest BCUT2D eigenvalue weighted by Crippen LogP contribution is -2.40. The minimum absolute atomic E-state index is 0.0270. The number of H-pyrrole nitrogens is 1. The molecular formula is C11H19N5O2. The van der Waals surface area contributed by atoms with Crippen LogP contribution < -0.4 is 5.32 Å². The molecule has 1 rings (SSSR count). The Labute approximate surface area is 106 Å². The van der Waals surface area contributed by atoms with Gasteiger partial charge >= 0.3 is 0 Å². The predicted molar refractivity (Wildman–Crippen MR) is 66.0 cm³/mol. The van der Waals surface area contributed by atoms with Crippen LogP contribution in [0.2, 0.25) is 0 Å². The molecule has 1 aromatic rings. The molecule has 0 aromatic carbocycles. The summed E-state index contributed by atoms with van der Waals surface area (Å²) in [5, 5.41) is 9.19. The van der Waals surface area contributed by atoms with Crippen molar-refractivity contribution in [1.29, 1.82) is 0 Å². The van der Waals surface area contributed by atoms with Crippen LogP contribution in [0.4, 0.5) is 0 Å². The zero-order valence-corrected chi connectivity index (χ0v) is 11.0. The Morgan fingerprint density at radius 3 is 2.56 bits per heavy atom. The average Bonchev–Trinajstić information content (AvgIpc) is 2.84. The summed E-state index contributed by atoms with van der Waals surface area (Å²) in [7, 11) is 0. The molecule has 2 N–H and O–H groups in total. The molecular weight excluding hydrogens is 234 g/mol. The van der Waals surface area contributed by atoms with Crippen LogP contribution in [-0.2, 0) is 11.2 Å². The predicted octanol–water partition coefficient (Wildman–Crippen LogP) is -0.0347. The molecule has 0 spiro atoms. The Hall–Kier alpha value is -1.92. The zero-order chi connectivity index (χ0) is 13.5. The number of aromatic amines is 1. The van der Waals surface area contributed by atoms with Crippen molar-refractivity contribution in [2.75, 3.05) is 19.6 Å². The minimum atomic E-state index is -0.334. The summed E-state index contributed by atoms with van der Waals surface area (Å²) in [6, 6.07) is 0. The number of hydrogen-bond donors (Lipinski definition) is 2. The number of hydrogen-bond acceptors (Lipinski definition) is 4. The first-order valence-electron chi connectivity index (χ1n) is 6.09. The average molecular weight is 253 g/mol. The van der Waals surface area contributed by atoms with E-state index in [0.29, 0.717) is 25.3 Å². The van der Waals surface area contributed by atoms with Gasteiger partial charge in [0.1, 0.15) is 5.82 Å². The van der Waals surface area contributed by atoms with Gasteiger partial charge in [-0.3, -0.25) is 14.7 Å². The molecule has 7 heteroatoms. The van der Waals surface area contributed by atoms with Crippen molar-refractivity contribution < 1.29 is 9.59 Å². The van der Waals surface area contributed by atoms with Crippen molar-refractivity contribution in [3.63, 3.8) is 0 Å². The summed E-state index contributed by atoms with van der Waals surface area (Å²) < 4.78 is 0. The number of nitrogens with one attached hydrogen (secondary N) is 2. The van der Waals surface area contributed by atoms with Crippen LogP contribution in [0.1, 0.15) is 37.2 Å². The van der Waals surface area contributed by atoms with Crippen molar-refractivity contribution >= 4 is 11.8 Å². The molecule has 18 heavy (non-hydrogen) atoms. The molecule has 0 saturated heterocycles. The first-order chi connectivity index (χ1) is 8.62. The SMILES string of the molecule is CCNC(=O)CN(CC)C(=O)c1n[nH]c(CC)n1. The Morgan fingerprint density at radius 2 is 2.06 bits per heavy atom. The molecule has 0 atom stereocenters. The van der Waals surface area contributed by atoms with Gasteiger partial charge in [-0.05, 0) is 13.8 Å². The van der Waals surface area contributed by atoms with Crippen LogP contribution in [0.15, 0.2) is 0 Å². The monoisotopic (exact) mass is 253 g/mol. The third-order valence-electron chi connectivity index (χ3n) is 2.44. The highest BCUT2D eigenvalue weighted by atomic mass is 16.2. The summed E-state index contributed by atoms with van der Waals surface area (Å²) in [4.78, 5) is 29.0. The Morgan fingerprint density at radius 1 is 1.33 bits per heavy atom. The summed E-state index contributed by atoms with van der Waals surface area (Å²) >= 11 is 0. The smallest absolute Gasteiger partial charge is 0.293 e. The third kappa shape index (κ3) is 3.54. The van der Waals surface area contributed by atoms with E-state index in [1.54, 1.807) is 0 Å². The molecule has 1 aromatic heterocycles. The lowest BCUT2D eigenvalue weighted by atomic mass is 10.4. The maximum Gasteiger partial charge on any atom is 0.293 e. The fraction of sp³-hybridized carbons (Fsp3) is 0.636. The van der Waals surface area contributed by atoms with Gasteiger partial charge in [0, 0.05) is 19.5 Å². The Bertz CT molecular complexity index is 415. The van der Waals surface area contributed by atoms with Crippen LogP contribution >= 0.6 is 0 Å². The standard InChI is InChI=1S/C11H19N5O2/c1-4-8-13-10(15-14-8)11(18)16(6-3)7-9(17)12-5-2/h4-7H2,1-3H3,(H,12,17)(H,13,14,15). The molecule has 0 aliphatic rings. The molecule has 0 saturated carbocycles. The van der Waals surface area contributed by atoms with E-state index in [1.807, 2.05) is 20.8 Å². The van der Waals surface area contributed by atoms with Crippen LogP contribution in [0, 0.1) is 0 Å². The summed E-state index contributed by atoms with van der Waals surface area (Å²) in [6.07, 6.45) is 0.683. The highest BCUT2D eigenvalue weighted by Gasteiger charge is 2.20. The fourth-order valence-electron chi connectivity index (χ4n) is 1.44. The van der Waals surface area contributed by atoms with Gasteiger partial charge in [-0.2, -0.15) is 0 Å². The van der Waals surface area contributed by atoms with Crippen LogP contribution in [0.25, 0.3) is 0 Å². The lowest BCUT2D eigenvalue weighted by Gasteiger charge is -2.18. The summed E-state index contributed by atoms with van der Waals surface area (Å²) in [5.41, 5.74) is 0. The second-order valence-electron chi connectivity index (χ2n) is 3.73. The topological polar surface area (TPSA) is 91.0 Å². The maximum atomic E-state index is 12.0. The van der Waals surface area contributed by atoms with Crippen LogP contribution in [-0.4, -0.2) is 51.5 Å². The van der Waals surface area contributed by atoms with E-state index in [9.17, 15) is 9.59 Å². The molecule has 0 radical (unpaired) electrons. The maximum absolute atomic E-state index is 12.0. The van der Waals surface area contributed by atoms with Gasteiger partial charge in [-0.1, -0.05) is 6.92 Å². The van der Waals surface area contributed by atoms with Gasteiger partial charge in [-0.25, -0.2) is 4.98 Å². The quantitative estimate of drug-likeness (QED) is 0.744. The van der Waals surface area contributed by atoms with Crippen LogP contribution in [0.3, 0.4) is 0 Å². The van der Waals surface area contributed by atoms with Crippen molar-refractivity contribution in [2.45, 2.75) is 27.2 Å². The fourth-order valence-corrected chi connectivity index (χ4v) is 1.44. The summed E-state index contributed by atoms with van der Waals surface area (Å²) in [5.74, 6) is 0.254. The number of aromatic nitrogens is 3. The number of carbonyl (C=O) groups is 2. The van der Waals surface area contributed by atoms with E-state index in [1.165, 1.54) is 4.90 Å². The highest BCUT2D eigenvalue weighted by molar-refractivity contribution is 5.93. The van der Waals surface area contributed by atoms with E-state index in [0.717, 1.165) is 0 Å². The van der Waals surface area contributed by atoms with E-state index >= 15 is 0 Å². The highest BCUT2D eigenvalue weighted by Crippen LogP contribution is 2.00. The van der Waals surface area contributed by atoms with E-state index in [2.05, 4.69) is 20.5 Å². The molecule has 0 aliphatic carbocycles. The van der Waals surface area contributed by atoms with Crippen molar-refractivity contribution in [3.8, 4) is 0 Å². The lowest BCUT2D eigenvalue weighted by molar-refractivity contribution is -0.121. The normalized spacial score (nSPS) is 10.2. The van der Waals surface area contributed by atoms with Gasteiger partial charge in [0.05, 0.1) is 6.54 Å². The second kappa shape index (κ2) is 6.73. The van der Waals surface area contributed by atoms with Crippen molar-refractivity contribution in [2.24, 2.45) is 0 Å². The number of likely N-dealkylation sites (N-methyl/N-ethyl adjacent to an activating group) is 2. The number of nitrogens with zero attached hydrogens (tertiary/aromatic N) is 3. The van der Waals surface area contributed by atoms with Gasteiger partial charge in [0.25, 0.3) is 5.91 Å². The Balaban J connectivity index is 2.69. The molecule has 7 nitrogen and oxygen atoms in total. The molecule has 0 aliphatic heterocycles. The third-order valence-corrected chi connectivity index (χ3v) is 2.44. The van der Waals surface area contributed by atoms with Crippen molar-refractivity contribution in [3.05, 3.63) is 11.6 Å². The van der Waals surface area contributed by atoms with Gasteiger partial charge in [-0.15, -0.1) is 5.10 Å². The van der Waals surface area contributed by atoms with Gasteiger partial charge in [0.15, 0.2) is 0 Å². The molecule has 100 valence electrons. The number of carbonyl (C=O) groups excluding carboxylic acids is 2. The molecule has 1 heterocycles. The minimum Gasteiger partial charge on any atom is -0.355 e. The van der Waals surface area contributed by atoms with E-state index in [4.69, 9.17) is 0 Å². The molecule has 0 unspecified atom stereocenters. The first-order valence-corrected chi connectivity index (χ1v) is 6.09. The number of amides is 2. The van der Waals surface area contributed by atoms with Crippen LogP contribution in [0.5, 0.6) is 0 Å². The largest absolute Gasteiger partial charge is 0.355 e. The molecule has 0 fully saturated rings. The van der Waals surface area contributed by atoms with Gasteiger partial charge < -0.3 is 10.2 Å². The van der Waals surface area contributed by atoms with Crippen molar-refractivity contribution in [1.82, 2.24) is 25.4 Å². The second-order valence-corrected chi connectivity index (χ2v) is 3.73. The number of rotatable bonds is 6. The van der Waals surface area contributed by atoms with Gasteiger partial charge in [0.2, 0.25) is 11.7 Å². The zero-order valence-electron chi connectivity index (χ0n) is 11.0. The van der Waals surface area contributed by atoms with E-state index in [-0.39, 0.29) is 24.2 Å². The molecule has 0 bridgehead atoms. The first kappa shape index (κ1) is 14.1. The van der Waals surface area contributed by atoms with E-state index < -0.39 is 0 Å². The molecule has 2 amide bonds.